The zero-order valence-electron chi connectivity index (χ0n) is 22.6. The summed E-state index contributed by atoms with van der Waals surface area (Å²) in [7, 11) is 0. The molecular weight excluding hydrogens is 390 g/mol. The lowest BCUT2D eigenvalue weighted by molar-refractivity contribution is 0.158. The lowest BCUT2D eigenvalue weighted by Crippen LogP contribution is -2.27. The van der Waals surface area contributed by atoms with Crippen molar-refractivity contribution in [1.29, 1.82) is 0 Å². The van der Waals surface area contributed by atoms with Crippen molar-refractivity contribution >= 4 is 0 Å². The van der Waals surface area contributed by atoms with Crippen LogP contribution in [0.15, 0.2) is 0 Å². The summed E-state index contributed by atoms with van der Waals surface area (Å²) in [5, 5.41) is 13.6. The Balaban J connectivity index is 3.13. The molecule has 0 aliphatic carbocycles. The van der Waals surface area contributed by atoms with Crippen molar-refractivity contribution in [1.82, 2.24) is 5.32 Å². The number of aliphatic hydroxyl groups excluding tert-OH is 1. The summed E-state index contributed by atoms with van der Waals surface area (Å²) in [4.78, 5) is 0. The van der Waals surface area contributed by atoms with Crippen LogP contribution in [-0.4, -0.2) is 24.3 Å². The molecule has 0 aromatic rings. The van der Waals surface area contributed by atoms with E-state index in [0.717, 1.165) is 19.5 Å². The van der Waals surface area contributed by atoms with Crippen LogP contribution in [0.1, 0.15) is 174 Å². The van der Waals surface area contributed by atoms with Crippen LogP contribution in [0, 0.1) is 0 Å². The van der Waals surface area contributed by atoms with Gasteiger partial charge < -0.3 is 10.4 Å². The number of aliphatic hydroxyl groups is 1. The average Bonchev–Trinajstić information content (AvgIpc) is 2.80. The van der Waals surface area contributed by atoms with E-state index < -0.39 is 0 Å². The van der Waals surface area contributed by atoms with Crippen LogP contribution >= 0.6 is 0 Å². The third-order valence-corrected chi connectivity index (χ3v) is 6.98. The average molecular weight is 454 g/mol. The van der Waals surface area contributed by atoms with Crippen LogP contribution in [-0.2, 0) is 0 Å². The van der Waals surface area contributed by atoms with Crippen molar-refractivity contribution in [2.24, 2.45) is 0 Å². The second kappa shape index (κ2) is 29.0. The van der Waals surface area contributed by atoms with Gasteiger partial charge in [-0.15, -0.1) is 0 Å². The molecule has 0 spiro atoms. The van der Waals surface area contributed by atoms with Gasteiger partial charge >= 0.3 is 0 Å². The number of rotatable bonds is 28. The van der Waals surface area contributed by atoms with Gasteiger partial charge in [0.25, 0.3) is 0 Å². The van der Waals surface area contributed by atoms with Gasteiger partial charge in [-0.3, -0.25) is 0 Å². The minimum Gasteiger partial charge on any atom is -0.392 e. The maximum Gasteiger partial charge on any atom is 0.0664 e. The van der Waals surface area contributed by atoms with Crippen LogP contribution < -0.4 is 5.32 Å². The van der Waals surface area contributed by atoms with E-state index in [4.69, 9.17) is 0 Å². The van der Waals surface area contributed by atoms with Crippen molar-refractivity contribution in [3.05, 3.63) is 0 Å². The Morgan fingerprint density at radius 3 is 1.12 bits per heavy atom. The summed E-state index contributed by atoms with van der Waals surface area (Å²) in [6.45, 7) is 6.44. The first-order chi connectivity index (χ1) is 15.8. The quantitative estimate of drug-likeness (QED) is 0.115. The fourth-order valence-electron chi connectivity index (χ4n) is 4.68. The number of hydrogen-bond donors (Lipinski definition) is 2. The lowest BCUT2D eigenvalue weighted by Gasteiger charge is -2.11. The maximum atomic E-state index is 10.1. The summed E-state index contributed by atoms with van der Waals surface area (Å²) in [5.41, 5.74) is 0. The summed E-state index contributed by atoms with van der Waals surface area (Å²) < 4.78 is 0. The molecule has 0 aromatic heterocycles. The van der Waals surface area contributed by atoms with E-state index in [1.54, 1.807) is 0 Å². The highest BCUT2D eigenvalue weighted by Gasteiger charge is 2.03. The van der Waals surface area contributed by atoms with Gasteiger partial charge in [-0.25, -0.2) is 0 Å². The molecule has 0 saturated heterocycles. The van der Waals surface area contributed by atoms with Gasteiger partial charge in [-0.05, 0) is 19.4 Å². The Hall–Kier alpha value is -0.0800. The Labute approximate surface area is 204 Å². The molecule has 0 saturated carbocycles. The second-order valence-corrected chi connectivity index (χ2v) is 10.4. The van der Waals surface area contributed by atoms with Gasteiger partial charge in [0.15, 0.2) is 0 Å². The summed E-state index contributed by atoms with van der Waals surface area (Å²) in [6, 6.07) is 0. The Morgan fingerprint density at radius 2 is 0.750 bits per heavy atom. The van der Waals surface area contributed by atoms with Crippen molar-refractivity contribution in [3.8, 4) is 0 Å². The molecular formula is C30H63NO. The molecule has 2 nitrogen and oxygen atoms in total. The number of nitrogens with one attached hydrogen (secondary N) is 1. The maximum absolute atomic E-state index is 10.1. The smallest absolute Gasteiger partial charge is 0.0664 e. The van der Waals surface area contributed by atoms with Crippen molar-refractivity contribution in [3.63, 3.8) is 0 Å². The minimum atomic E-state index is -0.143. The molecule has 0 bridgehead atoms. The largest absolute Gasteiger partial charge is 0.392 e. The van der Waals surface area contributed by atoms with E-state index >= 15 is 0 Å². The molecule has 0 radical (unpaired) electrons. The van der Waals surface area contributed by atoms with Crippen LogP contribution in [0.25, 0.3) is 0 Å². The van der Waals surface area contributed by atoms with E-state index in [2.05, 4.69) is 19.2 Å². The van der Waals surface area contributed by atoms with E-state index in [9.17, 15) is 5.11 Å². The summed E-state index contributed by atoms with van der Waals surface area (Å²) in [5.74, 6) is 0. The van der Waals surface area contributed by atoms with Gasteiger partial charge in [-0.1, -0.05) is 162 Å². The van der Waals surface area contributed by atoms with Crippen LogP contribution in [0.4, 0.5) is 0 Å². The lowest BCUT2D eigenvalue weighted by atomic mass is 10.0. The molecule has 0 heterocycles. The van der Waals surface area contributed by atoms with Gasteiger partial charge in [0.05, 0.1) is 6.10 Å². The van der Waals surface area contributed by atoms with Gasteiger partial charge in [-0.2, -0.15) is 0 Å². The molecule has 1 unspecified atom stereocenters. The zero-order chi connectivity index (χ0) is 23.4. The van der Waals surface area contributed by atoms with E-state index in [0.29, 0.717) is 0 Å². The van der Waals surface area contributed by atoms with Crippen molar-refractivity contribution < 1.29 is 5.11 Å². The van der Waals surface area contributed by atoms with E-state index in [1.807, 2.05) is 0 Å². The molecule has 2 heteroatoms. The molecule has 32 heavy (non-hydrogen) atoms. The standard InChI is InChI=1S/C30H63NO/c1-3-5-7-9-11-13-15-17-19-21-23-25-27-30(32)29-31-28-26-24-22-20-18-16-14-12-10-8-6-4-2/h30-32H,3-29H2,1-2H3. The molecule has 194 valence electrons. The molecule has 0 aliphatic rings. The number of hydrogen-bond acceptors (Lipinski definition) is 2. The molecule has 0 aliphatic heterocycles. The normalized spacial score (nSPS) is 12.5. The first kappa shape index (κ1) is 31.9. The molecule has 0 amide bonds. The van der Waals surface area contributed by atoms with Gasteiger partial charge in [0, 0.05) is 6.54 Å². The Kier molecular flexibility index (Phi) is 28.9. The molecule has 0 aromatic carbocycles. The zero-order valence-corrected chi connectivity index (χ0v) is 22.6. The molecule has 1 atom stereocenters. The molecule has 0 rings (SSSR count). The monoisotopic (exact) mass is 453 g/mol. The van der Waals surface area contributed by atoms with Crippen molar-refractivity contribution in [2.45, 2.75) is 180 Å². The highest BCUT2D eigenvalue weighted by atomic mass is 16.3. The van der Waals surface area contributed by atoms with Gasteiger partial charge in [0.1, 0.15) is 0 Å². The Morgan fingerprint density at radius 1 is 0.438 bits per heavy atom. The third-order valence-electron chi connectivity index (χ3n) is 6.98. The fraction of sp³-hybridized carbons (Fsp3) is 1.00. The molecule has 2 N–H and O–H groups in total. The van der Waals surface area contributed by atoms with E-state index in [1.165, 1.54) is 154 Å². The van der Waals surface area contributed by atoms with Gasteiger partial charge in [0.2, 0.25) is 0 Å². The topological polar surface area (TPSA) is 32.3 Å². The SMILES string of the molecule is CCCCCCCCCCCCCCNCC(O)CCCCCCCCCCCCCC. The minimum absolute atomic E-state index is 0.143. The molecule has 0 fully saturated rings. The summed E-state index contributed by atoms with van der Waals surface area (Å²) in [6.07, 6.45) is 34.3. The first-order valence-corrected chi connectivity index (χ1v) is 15.2. The highest BCUT2D eigenvalue weighted by Crippen LogP contribution is 2.13. The van der Waals surface area contributed by atoms with Crippen LogP contribution in [0.5, 0.6) is 0 Å². The fourth-order valence-corrected chi connectivity index (χ4v) is 4.68. The Bertz CT molecular complexity index is 320. The van der Waals surface area contributed by atoms with Crippen LogP contribution in [0.3, 0.4) is 0 Å². The van der Waals surface area contributed by atoms with Crippen LogP contribution in [0.2, 0.25) is 0 Å². The predicted molar refractivity (Wildman–Crippen MR) is 146 cm³/mol. The first-order valence-electron chi connectivity index (χ1n) is 15.2. The summed E-state index contributed by atoms with van der Waals surface area (Å²) >= 11 is 0. The second-order valence-electron chi connectivity index (χ2n) is 10.4. The number of unbranched alkanes of at least 4 members (excludes halogenated alkanes) is 22. The van der Waals surface area contributed by atoms with Crippen molar-refractivity contribution in [2.75, 3.05) is 13.1 Å². The third kappa shape index (κ3) is 28.0. The predicted octanol–water partition coefficient (Wildman–Crippen LogP) is 9.73. The van der Waals surface area contributed by atoms with E-state index in [-0.39, 0.29) is 6.10 Å². The highest BCUT2D eigenvalue weighted by molar-refractivity contribution is 4.60.